The van der Waals surface area contributed by atoms with Gasteiger partial charge in [0, 0.05) is 18.7 Å². The highest BCUT2D eigenvalue weighted by molar-refractivity contribution is 5.80. The molecule has 0 saturated carbocycles. The van der Waals surface area contributed by atoms with Gasteiger partial charge in [0.25, 0.3) is 0 Å². The standard InChI is InChI=1S/C21H23FN2O3/c22-18-5-3-4-16(10-18)11-20(25)24-14-21(15-24)17(7-9-27-21)12-26-13-19-6-1-2-8-23-19/h1-6,8,10,17H,7,9,11-15H2/t17-/m0/s1. The summed E-state index contributed by atoms with van der Waals surface area (Å²) in [7, 11) is 0. The van der Waals surface area contributed by atoms with Crippen molar-refractivity contribution in [3.05, 3.63) is 65.7 Å². The van der Waals surface area contributed by atoms with Gasteiger partial charge >= 0.3 is 0 Å². The van der Waals surface area contributed by atoms with Crippen LogP contribution in [-0.2, 0) is 27.3 Å². The van der Waals surface area contributed by atoms with E-state index in [1.54, 1.807) is 23.2 Å². The molecule has 27 heavy (non-hydrogen) atoms. The van der Waals surface area contributed by atoms with E-state index in [2.05, 4.69) is 4.98 Å². The topological polar surface area (TPSA) is 51.7 Å². The largest absolute Gasteiger partial charge is 0.375 e. The average Bonchev–Trinajstić information content (AvgIpc) is 3.05. The Morgan fingerprint density at radius 1 is 1.30 bits per heavy atom. The van der Waals surface area contributed by atoms with Gasteiger partial charge in [-0.2, -0.15) is 0 Å². The predicted molar refractivity (Wildman–Crippen MR) is 97.4 cm³/mol. The van der Waals surface area contributed by atoms with Gasteiger partial charge in [0.1, 0.15) is 11.4 Å². The van der Waals surface area contributed by atoms with Crippen LogP contribution in [-0.4, -0.2) is 47.7 Å². The quantitative estimate of drug-likeness (QED) is 0.784. The van der Waals surface area contributed by atoms with E-state index in [1.165, 1.54) is 12.1 Å². The summed E-state index contributed by atoms with van der Waals surface area (Å²) in [5.41, 5.74) is 1.32. The number of benzene rings is 1. The number of hydrogen-bond acceptors (Lipinski definition) is 4. The van der Waals surface area contributed by atoms with Gasteiger partial charge < -0.3 is 14.4 Å². The molecule has 1 aromatic carbocycles. The lowest BCUT2D eigenvalue weighted by molar-refractivity contribution is -0.168. The Balaban J connectivity index is 1.27. The van der Waals surface area contributed by atoms with Gasteiger partial charge in [0.05, 0.1) is 38.4 Å². The van der Waals surface area contributed by atoms with Gasteiger partial charge in [0.15, 0.2) is 0 Å². The number of pyridine rings is 1. The Bertz CT molecular complexity index is 793. The number of rotatable bonds is 6. The van der Waals surface area contributed by atoms with E-state index in [1.807, 2.05) is 18.2 Å². The van der Waals surface area contributed by atoms with Crippen LogP contribution in [0.4, 0.5) is 4.39 Å². The lowest BCUT2D eigenvalue weighted by atomic mass is 9.81. The molecule has 1 atom stereocenters. The number of nitrogens with zero attached hydrogens (tertiary/aromatic N) is 2. The van der Waals surface area contributed by atoms with Gasteiger partial charge in [-0.1, -0.05) is 18.2 Å². The van der Waals surface area contributed by atoms with Gasteiger partial charge in [-0.25, -0.2) is 4.39 Å². The minimum atomic E-state index is -0.315. The predicted octanol–water partition coefficient (Wildman–Crippen LogP) is 2.60. The summed E-state index contributed by atoms with van der Waals surface area (Å²) >= 11 is 0. The molecule has 1 aromatic heterocycles. The minimum Gasteiger partial charge on any atom is -0.375 e. The van der Waals surface area contributed by atoms with Crippen LogP contribution in [0.1, 0.15) is 17.7 Å². The third-order valence-corrected chi connectivity index (χ3v) is 5.41. The van der Waals surface area contributed by atoms with E-state index >= 15 is 0 Å². The monoisotopic (exact) mass is 370 g/mol. The molecule has 0 unspecified atom stereocenters. The maximum atomic E-state index is 13.3. The molecule has 0 radical (unpaired) electrons. The highest BCUT2D eigenvalue weighted by Gasteiger charge is 2.54. The molecule has 2 saturated heterocycles. The molecule has 0 bridgehead atoms. The highest BCUT2D eigenvalue weighted by Crippen LogP contribution is 2.40. The highest BCUT2D eigenvalue weighted by atomic mass is 19.1. The summed E-state index contributed by atoms with van der Waals surface area (Å²) in [6.07, 6.45) is 2.91. The van der Waals surface area contributed by atoms with Crippen molar-refractivity contribution in [1.29, 1.82) is 0 Å². The molecule has 2 aliphatic rings. The fourth-order valence-electron chi connectivity index (χ4n) is 3.87. The Kier molecular flexibility index (Phi) is 5.18. The van der Waals surface area contributed by atoms with Crippen LogP contribution in [0.15, 0.2) is 48.7 Å². The van der Waals surface area contributed by atoms with E-state index in [4.69, 9.17) is 9.47 Å². The second-order valence-electron chi connectivity index (χ2n) is 7.29. The number of amides is 1. The lowest BCUT2D eigenvalue weighted by Gasteiger charge is -2.50. The van der Waals surface area contributed by atoms with Gasteiger partial charge in [0.2, 0.25) is 5.91 Å². The molecule has 2 aliphatic heterocycles. The first-order valence-electron chi connectivity index (χ1n) is 9.28. The molecule has 6 heteroatoms. The molecule has 142 valence electrons. The molecular weight excluding hydrogens is 347 g/mol. The maximum Gasteiger partial charge on any atom is 0.227 e. The number of carbonyl (C=O) groups is 1. The number of carbonyl (C=O) groups excluding carboxylic acids is 1. The summed E-state index contributed by atoms with van der Waals surface area (Å²) in [5, 5.41) is 0. The van der Waals surface area contributed by atoms with Crippen molar-refractivity contribution in [1.82, 2.24) is 9.88 Å². The first-order valence-corrected chi connectivity index (χ1v) is 9.28. The number of halogens is 1. The molecule has 2 aromatic rings. The van der Waals surface area contributed by atoms with E-state index in [-0.39, 0.29) is 29.7 Å². The van der Waals surface area contributed by atoms with Crippen molar-refractivity contribution in [2.45, 2.75) is 25.0 Å². The van der Waals surface area contributed by atoms with Crippen molar-refractivity contribution in [3.63, 3.8) is 0 Å². The minimum absolute atomic E-state index is 0.00915. The smallest absolute Gasteiger partial charge is 0.227 e. The fourth-order valence-corrected chi connectivity index (χ4v) is 3.87. The normalized spacial score (nSPS) is 20.6. The molecule has 0 N–H and O–H groups in total. The number of likely N-dealkylation sites (tertiary alicyclic amines) is 1. The van der Waals surface area contributed by atoms with E-state index in [0.717, 1.165) is 12.1 Å². The molecule has 2 fully saturated rings. The Labute approximate surface area is 158 Å². The zero-order valence-electron chi connectivity index (χ0n) is 15.1. The zero-order chi connectivity index (χ0) is 18.7. The lowest BCUT2D eigenvalue weighted by Crippen LogP contribution is -2.66. The summed E-state index contributed by atoms with van der Waals surface area (Å²) < 4.78 is 25.1. The average molecular weight is 370 g/mol. The summed E-state index contributed by atoms with van der Waals surface area (Å²) in [4.78, 5) is 18.5. The van der Waals surface area contributed by atoms with Crippen LogP contribution in [0.25, 0.3) is 0 Å². The third kappa shape index (κ3) is 4.01. The molecule has 0 aliphatic carbocycles. The van der Waals surface area contributed by atoms with Crippen LogP contribution in [0.2, 0.25) is 0 Å². The van der Waals surface area contributed by atoms with Gasteiger partial charge in [-0.05, 0) is 36.2 Å². The van der Waals surface area contributed by atoms with Crippen molar-refractivity contribution in [3.8, 4) is 0 Å². The van der Waals surface area contributed by atoms with E-state index < -0.39 is 0 Å². The number of hydrogen-bond donors (Lipinski definition) is 0. The van der Waals surface area contributed by atoms with Crippen molar-refractivity contribution in [2.75, 3.05) is 26.3 Å². The van der Waals surface area contributed by atoms with Crippen LogP contribution >= 0.6 is 0 Å². The summed E-state index contributed by atoms with van der Waals surface area (Å²) in [5.74, 6) is -0.0288. The fraction of sp³-hybridized carbons (Fsp3) is 0.429. The van der Waals surface area contributed by atoms with Crippen LogP contribution < -0.4 is 0 Å². The molecule has 5 nitrogen and oxygen atoms in total. The van der Waals surface area contributed by atoms with Gasteiger partial charge in [-0.3, -0.25) is 9.78 Å². The van der Waals surface area contributed by atoms with Crippen LogP contribution in [0.3, 0.4) is 0 Å². The van der Waals surface area contributed by atoms with Crippen molar-refractivity contribution in [2.24, 2.45) is 5.92 Å². The van der Waals surface area contributed by atoms with Crippen LogP contribution in [0, 0.1) is 11.7 Å². The third-order valence-electron chi connectivity index (χ3n) is 5.41. The molecule has 1 spiro atoms. The molecule has 1 amide bonds. The van der Waals surface area contributed by atoms with E-state index in [9.17, 15) is 9.18 Å². The Hall–Kier alpha value is -2.31. The summed E-state index contributed by atoms with van der Waals surface area (Å²) in [6.45, 7) is 2.94. The Morgan fingerprint density at radius 2 is 2.19 bits per heavy atom. The first kappa shape index (κ1) is 18.1. The van der Waals surface area contributed by atoms with Crippen molar-refractivity contribution < 1.29 is 18.7 Å². The maximum absolute atomic E-state index is 13.3. The zero-order valence-corrected chi connectivity index (χ0v) is 15.1. The first-order chi connectivity index (χ1) is 13.1. The second kappa shape index (κ2) is 7.74. The number of aromatic nitrogens is 1. The number of ether oxygens (including phenoxy) is 2. The van der Waals surface area contributed by atoms with Crippen LogP contribution in [0.5, 0.6) is 0 Å². The molecular formula is C21H23FN2O3. The molecule has 3 heterocycles. The second-order valence-corrected chi connectivity index (χ2v) is 7.29. The summed E-state index contributed by atoms with van der Waals surface area (Å²) in [6, 6.07) is 12.0. The van der Waals surface area contributed by atoms with Gasteiger partial charge in [-0.15, -0.1) is 0 Å². The molecule has 4 rings (SSSR count). The SMILES string of the molecule is O=C(Cc1cccc(F)c1)N1CC2(C1)OCC[C@H]2COCc1ccccn1. The Morgan fingerprint density at radius 3 is 2.96 bits per heavy atom. The van der Waals surface area contributed by atoms with E-state index in [0.29, 0.717) is 38.5 Å². The van der Waals surface area contributed by atoms with Crippen molar-refractivity contribution >= 4 is 5.91 Å².